The summed E-state index contributed by atoms with van der Waals surface area (Å²) in [6.07, 6.45) is 0.0859. The third kappa shape index (κ3) is 5.38. The Morgan fingerprint density at radius 3 is 2.56 bits per heavy atom. The highest BCUT2D eigenvalue weighted by Gasteiger charge is 2.45. The molecule has 2 aromatic rings. The van der Waals surface area contributed by atoms with Crippen molar-refractivity contribution in [1.29, 1.82) is 0 Å². The Morgan fingerprint density at radius 1 is 1.28 bits per heavy atom. The highest BCUT2D eigenvalue weighted by atomic mass is 35.5. The van der Waals surface area contributed by atoms with E-state index in [1.165, 1.54) is 24.3 Å². The number of non-ortho nitro benzene ring substituents is 1. The van der Waals surface area contributed by atoms with Gasteiger partial charge in [0.15, 0.2) is 0 Å². The predicted octanol–water partition coefficient (Wildman–Crippen LogP) is 3.40. The number of hydrogen-bond acceptors (Lipinski definition) is 8. The highest BCUT2D eigenvalue weighted by Crippen LogP contribution is 2.35. The third-order valence-corrected chi connectivity index (χ3v) is 6.26. The van der Waals surface area contributed by atoms with Gasteiger partial charge in [-0.25, -0.2) is 4.79 Å². The molecule has 11 heteroatoms. The summed E-state index contributed by atoms with van der Waals surface area (Å²) in [6, 6.07) is 12.6. The van der Waals surface area contributed by atoms with E-state index in [4.69, 9.17) is 16.3 Å². The van der Waals surface area contributed by atoms with Crippen LogP contribution in [0, 0.1) is 10.1 Å². The molecular formula is C21H20ClN3O6S. The van der Waals surface area contributed by atoms with Gasteiger partial charge in [0.05, 0.1) is 16.7 Å². The normalized spacial score (nSPS) is 16.2. The van der Waals surface area contributed by atoms with Gasteiger partial charge in [-0.05, 0) is 29.8 Å². The molecule has 2 aromatic carbocycles. The molecule has 3 rings (SSSR count). The highest BCUT2D eigenvalue weighted by molar-refractivity contribution is 8.14. The maximum atomic E-state index is 12.7. The van der Waals surface area contributed by atoms with E-state index in [1.807, 2.05) is 25.1 Å². The molecule has 1 aliphatic rings. The number of alkyl halides is 1. The summed E-state index contributed by atoms with van der Waals surface area (Å²) in [6.45, 7) is -0.157. The zero-order chi connectivity index (χ0) is 23.4. The molecule has 1 fully saturated rings. The fourth-order valence-corrected chi connectivity index (χ4v) is 4.39. The largest absolute Gasteiger partial charge is 0.458 e. The van der Waals surface area contributed by atoms with Gasteiger partial charge in [0.1, 0.15) is 6.61 Å². The number of ether oxygens (including phenoxy) is 1. The molecule has 0 bridgehead atoms. The third-order valence-electron chi connectivity index (χ3n) is 4.76. The van der Waals surface area contributed by atoms with Crippen LogP contribution in [0.5, 0.6) is 0 Å². The van der Waals surface area contributed by atoms with Gasteiger partial charge < -0.3 is 14.5 Å². The molecule has 0 spiro atoms. The van der Waals surface area contributed by atoms with E-state index in [9.17, 15) is 24.5 Å². The minimum atomic E-state index is -1.38. The van der Waals surface area contributed by atoms with Gasteiger partial charge in [-0.2, -0.15) is 0 Å². The van der Waals surface area contributed by atoms with Crippen LogP contribution in [0.4, 0.5) is 11.4 Å². The smallest absolute Gasteiger partial charge is 0.345 e. The number of likely N-dealkylation sites (tertiary alicyclic amines) is 1. The van der Waals surface area contributed by atoms with Crippen molar-refractivity contribution in [2.75, 3.05) is 19.0 Å². The number of thioether (sulfide) groups is 1. The van der Waals surface area contributed by atoms with Gasteiger partial charge in [0.25, 0.3) is 5.69 Å². The summed E-state index contributed by atoms with van der Waals surface area (Å²) in [7, 11) is 3.73. The lowest BCUT2D eigenvalue weighted by Gasteiger charge is -2.41. The van der Waals surface area contributed by atoms with Crippen molar-refractivity contribution in [2.45, 2.75) is 23.9 Å². The van der Waals surface area contributed by atoms with Gasteiger partial charge in [-0.1, -0.05) is 35.5 Å². The number of nitro benzene ring substituents is 1. The number of halogens is 1. The Labute approximate surface area is 193 Å². The van der Waals surface area contributed by atoms with Gasteiger partial charge in [-0.15, -0.1) is 0 Å². The van der Waals surface area contributed by atoms with Gasteiger partial charge in [0.2, 0.25) is 16.5 Å². The molecule has 0 aliphatic carbocycles. The van der Waals surface area contributed by atoms with Crippen molar-refractivity contribution in [3.63, 3.8) is 0 Å². The summed E-state index contributed by atoms with van der Waals surface area (Å²) >= 11 is 7.09. The lowest BCUT2D eigenvalue weighted by atomic mass is 10.2. The van der Waals surface area contributed by atoms with Crippen LogP contribution in [0.3, 0.4) is 0 Å². The maximum Gasteiger partial charge on any atom is 0.345 e. The lowest BCUT2D eigenvalue weighted by Crippen LogP contribution is -2.57. The van der Waals surface area contributed by atoms with Gasteiger partial charge >= 0.3 is 5.97 Å². The van der Waals surface area contributed by atoms with E-state index >= 15 is 0 Å². The van der Waals surface area contributed by atoms with Crippen LogP contribution in [-0.4, -0.2) is 51.8 Å². The molecular weight excluding hydrogens is 458 g/mol. The summed E-state index contributed by atoms with van der Waals surface area (Å²) in [5.74, 6) is -1.20. The minimum Gasteiger partial charge on any atom is -0.458 e. The topological polar surface area (TPSA) is 110 Å². The van der Waals surface area contributed by atoms with Crippen molar-refractivity contribution in [3.05, 3.63) is 69.8 Å². The molecule has 0 radical (unpaired) electrons. The second kappa shape index (κ2) is 10.0. The van der Waals surface area contributed by atoms with E-state index in [2.05, 4.69) is 0 Å². The van der Waals surface area contributed by atoms with E-state index < -0.39 is 21.8 Å². The Kier molecular flexibility index (Phi) is 7.37. The first-order valence-electron chi connectivity index (χ1n) is 9.51. The average Bonchev–Trinajstić information content (AvgIpc) is 2.77. The fraction of sp³-hybridized carbons (Fsp3) is 0.286. The van der Waals surface area contributed by atoms with Crippen LogP contribution in [0.2, 0.25) is 0 Å². The molecule has 168 valence electrons. The Hall–Kier alpha value is -3.11. The maximum absolute atomic E-state index is 12.7. The van der Waals surface area contributed by atoms with E-state index in [0.29, 0.717) is 11.1 Å². The van der Waals surface area contributed by atoms with E-state index in [-0.39, 0.29) is 29.7 Å². The van der Waals surface area contributed by atoms with Crippen LogP contribution in [0.25, 0.3) is 0 Å². The molecule has 0 saturated carbocycles. The van der Waals surface area contributed by atoms with Crippen LogP contribution < -0.4 is 4.90 Å². The van der Waals surface area contributed by atoms with Crippen molar-refractivity contribution >= 4 is 51.7 Å². The first kappa shape index (κ1) is 23.6. The predicted molar refractivity (Wildman–Crippen MR) is 120 cm³/mol. The van der Waals surface area contributed by atoms with Crippen LogP contribution in [0.15, 0.2) is 48.5 Å². The monoisotopic (exact) mass is 477 g/mol. The summed E-state index contributed by atoms with van der Waals surface area (Å²) in [5, 5.41) is 9.88. The number of nitrogens with zero attached hydrogens (tertiary/aromatic N) is 3. The van der Waals surface area contributed by atoms with E-state index in [1.54, 1.807) is 18.2 Å². The second-order valence-electron chi connectivity index (χ2n) is 7.18. The molecule has 1 saturated heterocycles. The van der Waals surface area contributed by atoms with Crippen molar-refractivity contribution in [3.8, 4) is 0 Å². The fourth-order valence-electron chi connectivity index (χ4n) is 2.93. The van der Waals surface area contributed by atoms with Crippen LogP contribution in [0.1, 0.15) is 22.3 Å². The zero-order valence-electron chi connectivity index (χ0n) is 17.3. The summed E-state index contributed by atoms with van der Waals surface area (Å²) in [5.41, 5.74) is 0.412. The minimum absolute atomic E-state index is 0.0814. The van der Waals surface area contributed by atoms with Gasteiger partial charge in [0, 0.05) is 37.5 Å². The molecule has 1 aliphatic heterocycles. The molecule has 2 unspecified atom stereocenters. The van der Waals surface area contributed by atoms with Crippen LogP contribution in [-0.2, 0) is 20.9 Å². The SMILES string of the molecule is CN(C)c1cccc(C(=O)SC2CC(=O)N2C(Cl)C(=O)OCc2ccc([N+](=O)[O-])cc2)c1. The first-order valence-corrected chi connectivity index (χ1v) is 10.8. The summed E-state index contributed by atoms with van der Waals surface area (Å²) in [4.78, 5) is 50.2. The molecule has 1 heterocycles. The zero-order valence-corrected chi connectivity index (χ0v) is 18.8. The molecule has 0 N–H and O–H groups in total. The number of hydrogen-bond donors (Lipinski definition) is 0. The lowest BCUT2D eigenvalue weighted by molar-refractivity contribution is -0.384. The number of esters is 1. The molecule has 32 heavy (non-hydrogen) atoms. The number of β-lactam (4-membered cyclic amide) rings is 1. The van der Waals surface area contributed by atoms with Crippen molar-refractivity contribution < 1.29 is 24.0 Å². The number of carbonyl (C=O) groups is 3. The number of rotatable bonds is 8. The van der Waals surface area contributed by atoms with E-state index in [0.717, 1.165) is 22.3 Å². The standard InChI is InChI=1S/C21H20ClN3O6S/c1-23(2)16-5-3-4-14(10-16)21(28)32-18-11-17(26)24(18)19(22)20(27)31-12-13-6-8-15(9-7-13)25(29)30/h3-10,18-19H,11-12H2,1-2H3. The Bertz CT molecular complexity index is 1050. The molecule has 1 amide bonds. The number of benzene rings is 2. The van der Waals surface area contributed by atoms with Crippen molar-refractivity contribution in [1.82, 2.24) is 4.90 Å². The second-order valence-corrected chi connectivity index (χ2v) is 8.74. The van der Waals surface area contributed by atoms with Gasteiger partial charge in [-0.3, -0.25) is 19.7 Å². The first-order chi connectivity index (χ1) is 15.2. The molecule has 2 atom stereocenters. The molecule has 9 nitrogen and oxygen atoms in total. The number of anilines is 1. The summed E-state index contributed by atoms with van der Waals surface area (Å²) < 4.78 is 5.14. The molecule has 0 aromatic heterocycles. The van der Waals surface area contributed by atoms with Crippen molar-refractivity contribution in [2.24, 2.45) is 0 Å². The average molecular weight is 478 g/mol. The number of amides is 1. The number of carbonyl (C=O) groups excluding carboxylic acids is 3. The Balaban J connectivity index is 1.58. The number of nitro groups is 1. The van der Waals surface area contributed by atoms with Crippen LogP contribution >= 0.6 is 23.4 Å². The Morgan fingerprint density at radius 2 is 1.97 bits per heavy atom. The quantitative estimate of drug-likeness (QED) is 0.142.